The Bertz CT molecular complexity index is 390. The third-order valence-corrected chi connectivity index (χ3v) is 1.87. The largest absolute Gasteiger partial charge is 0.361 e. The van der Waals surface area contributed by atoms with E-state index in [0.717, 1.165) is 5.56 Å². The third kappa shape index (κ3) is 1.89. The molecule has 0 heterocycles. The highest BCUT2D eigenvalue weighted by Crippen LogP contribution is 2.07. The van der Waals surface area contributed by atoms with Crippen LogP contribution in [0.1, 0.15) is 22.8 Å². The van der Waals surface area contributed by atoms with Crippen molar-refractivity contribution < 1.29 is 9.58 Å². The highest BCUT2D eigenvalue weighted by Gasteiger charge is 2.17. The molecule has 0 aliphatic heterocycles. The van der Waals surface area contributed by atoms with Crippen LogP contribution in [-0.2, 0) is 0 Å². The molecule has 0 unspecified atom stereocenters. The maximum Gasteiger partial charge on any atom is 0.336 e. The standard InChI is InChI=1S/C10H10N2O/c1-7-5-3-4-6-9(7)10(13)8(2)12-11/h3-6H,1-2H3. The van der Waals surface area contributed by atoms with Gasteiger partial charge in [0.25, 0.3) is 5.78 Å². The number of carbonyl (C=O) groups excluding carboxylic acids is 1. The fourth-order valence-electron chi connectivity index (χ4n) is 1.07. The van der Waals surface area contributed by atoms with Gasteiger partial charge in [-0.2, -0.15) is 4.79 Å². The quantitative estimate of drug-likeness (QED) is 0.292. The number of aryl methyl sites for hydroxylation is 1. The topological polar surface area (TPSA) is 53.5 Å². The number of carbonyl (C=O) groups is 1. The van der Waals surface area contributed by atoms with Crippen molar-refractivity contribution in [3.8, 4) is 0 Å². The SMILES string of the molecule is CC(=[N+]=[N-])C(=O)c1ccccc1C. The number of Topliss-reactive ketones (excluding diaryl/α,β-unsaturated/α-hetero) is 1. The number of nitrogens with zero attached hydrogens (tertiary/aromatic N) is 2. The highest BCUT2D eigenvalue weighted by molar-refractivity contribution is 6.43. The molecule has 3 nitrogen and oxygen atoms in total. The first-order valence-corrected chi connectivity index (χ1v) is 3.96. The van der Waals surface area contributed by atoms with E-state index >= 15 is 0 Å². The second-order valence-corrected chi connectivity index (χ2v) is 2.83. The van der Waals surface area contributed by atoms with Crippen LogP contribution in [0.4, 0.5) is 0 Å². The van der Waals surface area contributed by atoms with Gasteiger partial charge in [0.05, 0.1) is 0 Å². The second-order valence-electron chi connectivity index (χ2n) is 2.83. The molecule has 13 heavy (non-hydrogen) atoms. The van der Waals surface area contributed by atoms with E-state index in [1.807, 2.05) is 19.1 Å². The van der Waals surface area contributed by atoms with Crippen molar-refractivity contribution in [1.29, 1.82) is 0 Å². The number of benzene rings is 1. The van der Waals surface area contributed by atoms with E-state index in [9.17, 15) is 4.79 Å². The predicted octanol–water partition coefficient (Wildman–Crippen LogP) is 1.87. The summed E-state index contributed by atoms with van der Waals surface area (Å²) >= 11 is 0. The zero-order valence-corrected chi connectivity index (χ0v) is 7.61. The first-order valence-electron chi connectivity index (χ1n) is 3.96. The molecule has 0 aliphatic carbocycles. The number of hydrogen-bond acceptors (Lipinski definition) is 1. The van der Waals surface area contributed by atoms with Crippen LogP contribution in [0.2, 0.25) is 0 Å². The smallest absolute Gasteiger partial charge is 0.336 e. The molecule has 0 amide bonds. The summed E-state index contributed by atoms with van der Waals surface area (Å²) in [6, 6.07) is 7.20. The third-order valence-electron chi connectivity index (χ3n) is 1.87. The van der Waals surface area contributed by atoms with Crippen LogP contribution >= 0.6 is 0 Å². The Morgan fingerprint density at radius 3 is 2.54 bits per heavy atom. The minimum Gasteiger partial charge on any atom is -0.361 e. The van der Waals surface area contributed by atoms with Crippen molar-refractivity contribution in [1.82, 2.24) is 0 Å². The van der Waals surface area contributed by atoms with Crippen molar-refractivity contribution in [2.45, 2.75) is 13.8 Å². The van der Waals surface area contributed by atoms with Crippen molar-refractivity contribution in [3.63, 3.8) is 0 Å². The summed E-state index contributed by atoms with van der Waals surface area (Å²) in [6.45, 7) is 3.33. The Morgan fingerprint density at radius 1 is 1.38 bits per heavy atom. The van der Waals surface area contributed by atoms with Crippen LogP contribution in [0.15, 0.2) is 24.3 Å². The molecular weight excluding hydrogens is 164 g/mol. The normalized spacial score (nSPS) is 9.08. The number of ketones is 1. The lowest BCUT2D eigenvalue weighted by atomic mass is 10.0. The Morgan fingerprint density at radius 2 is 2.00 bits per heavy atom. The van der Waals surface area contributed by atoms with Gasteiger partial charge >= 0.3 is 5.71 Å². The van der Waals surface area contributed by atoms with E-state index in [0.29, 0.717) is 5.56 Å². The van der Waals surface area contributed by atoms with E-state index in [4.69, 9.17) is 5.53 Å². The maximum atomic E-state index is 11.5. The summed E-state index contributed by atoms with van der Waals surface area (Å²) in [5.41, 5.74) is 10.00. The van der Waals surface area contributed by atoms with E-state index in [1.54, 1.807) is 12.1 Å². The van der Waals surface area contributed by atoms with Gasteiger partial charge in [0, 0.05) is 12.5 Å². The highest BCUT2D eigenvalue weighted by atomic mass is 16.1. The average Bonchev–Trinajstić information content (AvgIpc) is 2.16. The van der Waals surface area contributed by atoms with Gasteiger partial charge in [-0.3, -0.25) is 4.79 Å². The van der Waals surface area contributed by atoms with Crippen LogP contribution in [0.5, 0.6) is 0 Å². The lowest BCUT2D eigenvalue weighted by Crippen LogP contribution is -2.12. The van der Waals surface area contributed by atoms with Crippen molar-refractivity contribution in [2.24, 2.45) is 0 Å². The molecule has 0 aliphatic rings. The molecule has 3 heteroatoms. The monoisotopic (exact) mass is 174 g/mol. The van der Waals surface area contributed by atoms with Gasteiger partial charge in [-0.15, -0.1) is 0 Å². The van der Waals surface area contributed by atoms with Gasteiger partial charge in [-0.25, -0.2) is 0 Å². The first kappa shape index (κ1) is 9.36. The molecule has 0 saturated carbocycles. The fraction of sp³-hybridized carbons (Fsp3) is 0.200. The fourth-order valence-corrected chi connectivity index (χ4v) is 1.07. The van der Waals surface area contributed by atoms with Crippen molar-refractivity contribution in [3.05, 3.63) is 40.9 Å². The molecule has 0 fully saturated rings. The van der Waals surface area contributed by atoms with Gasteiger partial charge in [0.15, 0.2) is 0 Å². The van der Waals surface area contributed by atoms with Crippen LogP contribution in [0, 0.1) is 6.92 Å². The molecule has 66 valence electrons. The van der Waals surface area contributed by atoms with Crippen molar-refractivity contribution in [2.75, 3.05) is 0 Å². The maximum absolute atomic E-state index is 11.5. The Kier molecular flexibility index (Phi) is 2.72. The van der Waals surface area contributed by atoms with Gasteiger partial charge in [0.1, 0.15) is 0 Å². The molecular formula is C10H10N2O. The number of hydrogen-bond donors (Lipinski definition) is 0. The van der Waals surface area contributed by atoms with Crippen molar-refractivity contribution >= 4 is 11.5 Å². The summed E-state index contributed by atoms with van der Waals surface area (Å²) in [7, 11) is 0. The molecule has 0 bridgehead atoms. The Hall–Kier alpha value is -1.73. The van der Waals surface area contributed by atoms with Crippen LogP contribution in [0.25, 0.3) is 5.53 Å². The van der Waals surface area contributed by atoms with E-state index in [1.165, 1.54) is 6.92 Å². The minimum absolute atomic E-state index is 0.106. The van der Waals surface area contributed by atoms with E-state index in [2.05, 4.69) is 4.79 Å². The Labute approximate surface area is 76.6 Å². The lowest BCUT2D eigenvalue weighted by Gasteiger charge is -1.98. The summed E-state index contributed by atoms with van der Waals surface area (Å²) < 4.78 is 0. The molecule has 0 aromatic heterocycles. The molecule has 0 spiro atoms. The van der Waals surface area contributed by atoms with Gasteiger partial charge in [-0.05, 0) is 12.5 Å². The molecule has 1 aromatic rings. The van der Waals surface area contributed by atoms with Crippen LogP contribution in [-0.4, -0.2) is 16.3 Å². The number of rotatable bonds is 2. The first-order chi connectivity index (χ1) is 6.16. The second kappa shape index (κ2) is 3.78. The minimum atomic E-state index is -0.236. The average molecular weight is 174 g/mol. The summed E-state index contributed by atoms with van der Waals surface area (Å²) in [5.74, 6) is -0.236. The molecule has 0 radical (unpaired) electrons. The van der Waals surface area contributed by atoms with Gasteiger partial charge < -0.3 is 5.53 Å². The van der Waals surface area contributed by atoms with Crippen LogP contribution < -0.4 is 0 Å². The summed E-state index contributed by atoms with van der Waals surface area (Å²) in [6.07, 6.45) is 0. The zero-order valence-electron chi connectivity index (χ0n) is 7.61. The van der Waals surface area contributed by atoms with E-state index < -0.39 is 0 Å². The summed E-state index contributed by atoms with van der Waals surface area (Å²) in [5, 5.41) is 0. The molecule has 0 N–H and O–H groups in total. The lowest BCUT2D eigenvalue weighted by molar-refractivity contribution is -0.00679. The van der Waals surface area contributed by atoms with Crippen LogP contribution in [0.3, 0.4) is 0 Å². The molecule has 1 rings (SSSR count). The predicted molar refractivity (Wildman–Crippen MR) is 49.8 cm³/mol. The van der Waals surface area contributed by atoms with Gasteiger partial charge in [0.2, 0.25) is 0 Å². The van der Waals surface area contributed by atoms with Gasteiger partial charge in [-0.1, -0.05) is 24.3 Å². The summed E-state index contributed by atoms with van der Waals surface area (Å²) in [4.78, 5) is 14.4. The molecule has 0 atom stereocenters. The Balaban J connectivity index is 3.17. The van der Waals surface area contributed by atoms with E-state index in [-0.39, 0.29) is 11.5 Å². The zero-order chi connectivity index (χ0) is 9.84. The molecule has 0 saturated heterocycles. The molecule has 1 aromatic carbocycles.